The van der Waals surface area contributed by atoms with Crippen molar-refractivity contribution >= 4 is 23.0 Å². The topological polar surface area (TPSA) is 76.6 Å². The molecule has 6 nitrogen and oxygen atoms in total. The Morgan fingerprint density at radius 2 is 1.77 bits per heavy atom. The number of fused-ring (bicyclic) bond motifs is 1. The number of carbonyl (C=O) groups excluding carboxylic acids is 1. The van der Waals surface area contributed by atoms with Crippen molar-refractivity contribution in [3.05, 3.63) is 47.5 Å². The Kier molecular flexibility index (Phi) is 4.68. The first-order valence-electron chi connectivity index (χ1n) is 8.79. The van der Waals surface area contributed by atoms with E-state index in [-0.39, 0.29) is 17.1 Å². The van der Waals surface area contributed by atoms with Gasteiger partial charge < -0.3 is 10.4 Å². The Balaban J connectivity index is 1.97. The number of benzene rings is 2. The fraction of sp³-hybridized carbons (Fsp3) is 0.350. The summed E-state index contributed by atoms with van der Waals surface area (Å²) in [6.45, 7) is 6.19. The zero-order valence-electron chi connectivity index (χ0n) is 15.7. The van der Waals surface area contributed by atoms with Crippen LogP contribution in [0.2, 0.25) is 0 Å². The van der Waals surface area contributed by atoms with E-state index in [1.807, 2.05) is 36.4 Å². The summed E-state index contributed by atoms with van der Waals surface area (Å²) in [5.41, 5.74) is 10.7. The van der Waals surface area contributed by atoms with E-state index in [0.717, 1.165) is 22.5 Å². The van der Waals surface area contributed by atoms with E-state index >= 15 is 0 Å². The normalized spacial score (nSPS) is 13.0. The number of hydrogen-bond donors (Lipinski definition) is 4. The van der Waals surface area contributed by atoms with Crippen molar-refractivity contribution in [2.75, 3.05) is 23.0 Å². The second-order valence-corrected chi connectivity index (χ2v) is 7.54. The maximum Gasteiger partial charge on any atom is 0.220 e. The maximum absolute atomic E-state index is 11.6. The van der Waals surface area contributed by atoms with Crippen LogP contribution < -0.4 is 21.3 Å². The van der Waals surface area contributed by atoms with Crippen LogP contribution in [0.25, 0.3) is 0 Å². The van der Waals surface area contributed by atoms with Gasteiger partial charge in [0, 0.05) is 19.0 Å². The summed E-state index contributed by atoms with van der Waals surface area (Å²) < 4.78 is 0. The second kappa shape index (κ2) is 6.78. The van der Waals surface area contributed by atoms with Crippen molar-refractivity contribution in [1.29, 1.82) is 0 Å². The molecule has 138 valence electrons. The number of phenolic OH excluding ortho intramolecular Hbond substituents is 1. The minimum atomic E-state index is -0.228. The molecule has 4 N–H and O–H groups in total. The molecule has 1 aliphatic rings. The fourth-order valence-electron chi connectivity index (χ4n) is 3.01. The molecule has 1 amide bonds. The van der Waals surface area contributed by atoms with E-state index in [9.17, 15) is 9.90 Å². The van der Waals surface area contributed by atoms with Crippen LogP contribution in [-0.2, 0) is 16.6 Å². The maximum atomic E-state index is 11.6. The predicted molar refractivity (Wildman–Crippen MR) is 105 cm³/mol. The molecule has 3 rings (SSSR count). The number of aryl methyl sites for hydroxylation is 1. The molecule has 2 aromatic rings. The van der Waals surface area contributed by atoms with Crippen LogP contribution in [-0.4, -0.2) is 18.1 Å². The molecule has 0 spiro atoms. The zero-order chi connectivity index (χ0) is 18.9. The number of nitrogens with zero attached hydrogens (tertiary/aromatic N) is 1. The number of hydrogen-bond acceptors (Lipinski definition) is 5. The van der Waals surface area contributed by atoms with E-state index in [2.05, 4.69) is 36.9 Å². The van der Waals surface area contributed by atoms with Gasteiger partial charge in [0.05, 0.1) is 11.4 Å². The van der Waals surface area contributed by atoms with Gasteiger partial charge in [-0.3, -0.25) is 15.6 Å². The number of rotatable bonds is 4. The van der Waals surface area contributed by atoms with Crippen LogP contribution in [0, 0.1) is 0 Å². The number of para-hydroxylation sites is 2. The summed E-state index contributed by atoms with van der Waals surface area (Å²) in [7, 11) is 1.64. The third-order valence-corrected chi connectivity index (χ3v) is 4.51. The third kappa shape index (κ3) is 3.54. The zero-order valence-corrected chi connectivity index (χ0v) is 15.7. The number of nitrogens with one attached hydrogen (secondary N) is 3. The lowest BCUT2D eigenvalue weighted by molar-refractivity contribution is -0.120. The van der Waals surface area contributed by atoms with Crippen molar-refractivity contribution in [2.45, 2.75) is 39.0 Å². The lowest BCUT2D eigenvalue weighted by Crippen LogP contribution is -2.30. The Morgan fingerprint density at radius 3 is 2.31 bits per heavy atom. The molecular weight excluding hydrogens is 328 g/mol. The van der Waals surface area contributed by atoms with Gasteiger partial charge in [0.1, 0.15) is 11.4 Å². The summed E-state index contributed by atoms with van der Waals surface area (Å²) in [5, 5.41) is 15.3. The highest BCUT2D eigenvalue weighted by Crippen LogP contribution is 2.41. The SMILES string of the molecule is CNC(=O)CCc1cc(N2Nc3ccccc3N2)c(O)c(C(C)(C)C)c1. The molecule has 0 fully saturated rings. The largest absolute Gasteiger partial charge is 0.505 e. The first kappa shape index (κ1) is 17.9. The second-order valence-electron chi connectivity index (χ2n) is 7.54. The van der Waals surface area contributed by atoms with Crippen molar-refractivity contribution in [1.82, 2.24) is 5.32 Å². The number of phenols is 1. The predicted octanol–water partition coefficient (Wildman–Crippen LogP) is 3.54. The van der Waals surface area contributed by atoms with Crippen molar-refractivity contribution in [3.63, 3.8) is 0 Å². The summed E-state index contributed by atoms with van der Waals surface area (Å²) >= 11 is 0. The van der Waals surface area contributed by atoms with E-state index in [0.29, 0.717) is 18.5 Å². The molecule has 2 aromatic carbocycles. The highest BCUT2D eigenvalue weighted by Gasteiger charge is 2.26. The standard InChI is InChI=1S/C20H26N4O2/c1-20(2,3)14-11-13(9-10-18(25)21-4)12-17(19(14)26)24-22-15-7-5-6-8-16(15)23-24/h5-8,11-12,22-23,26H,9-10H2,1-4H3,(H,21,25). The molecule has 0 aliphatic carbocycles. The van der Waals surface area contributed by atoms with E-state index < -0.39 is 0 Å². The van der Waals surface area contributed by atoms with Gasteiger partial charge in [-0.2, -0.15) is 5.12 Å². The van der Waals surface area contributed by atoms with Crippen LogP contribution in [0.15, 0.2) is 36.4 Å². The minimum Gasteiger partial charge on any atom is -0.505 e. The highest BCUT2D eigenvalue weighted by molar-refractivity contribution is 5.81. The van der Waals surface area contributed by atoms with Gasteiger partial charge in [0.25, 0.3) is 0 Å². The molecule has 0 atom stereocenters. The number of aromatic hydroxyl groups is 1. The van der Waals surface area contributed by atoms with Crippen LogP contribution in [0.5, 0.6) is 5.75 Å². The van der Waals surface area contributed by atoms with E-state index in [1.54, 1.807) is 12.2 Å². The summed E-state index contributed by atoms with van der Waals surface area (Å²) in [6.07, 6.45) is 1.02. The van der Waals surface area contributed by atoms with Gasteiger partial charge in [0.15, 0.2) is 0 Å². The lowest BCUT2D eigenvalue weighted by Gasteiger charge is -2.27. The van der Waals surface area contributed by atoms with Gasteiger partial charge in [-0.05, 0) is 35.6 Å². The molecule has 1 aliphatic heterocycles. The number of hydrazine groups is 2. The van der Waals surface area contributed by atoms with Crippen LogP contribution >= 0.6 is 0 Å². The van der Waals surface area contributed by atoms with Crippen molar-refractivity contribution < 1.29 is 9.90 Å². The van der Waals surface area contributed by atoms with Crippen LogP contribution in [0.1, 0.15) is 38.3 Å². The number of amides is 1. The molecule has 26 heavy (non-hydrogen) atoms. The smallest absolute Gasteiger partial charge is 0.220 e. The molecule has 0 unspecified atom stereocenters. The quantitative estimate of drug-likeness (QED) is 0.676. The van der Waals surface area contributed by atoms with Crippen molar-refractivity contribution in [3.8, 4) is 5.75 Å². The highest BCUT2D eigenvalue weighted by atomic mass is 16.3. The molecule has 0 aromatic heterocycles. The molecule has 0 saturated carbocycles. The Hall–Kier alpha value is -2.89. The Morgan fingerprint density at radius 1 is 1.15 bits per heavy atom. The fourth-order valence-corrected chi connectivity index (χ4v) is 3.01. The summed E-state index contributed by atoms with van der Waals surface area (Å²) in [4.78, 5) is 11.6. The molecular formula is C20H26N4O2. The molecule has 6 heteroatoms. The monoisotopic (exact) mass is 354 g/mol. The minimum absolute atomic E-state index is 0.00163. The summed E-state index contributed by atoms with van der Waals surface area (Å²) in [6, 6.07) is 11.8. The summed E-state index contributed by atoms with van der Waals surface area (Å²) in [5.74, 6) is 0.232. The van der Waals surface area contributed by atoms with Gasteiger partial charge in [-0.1, -0.05) is 39.0 Å². The number of carbonyl (C=O) groups is 1. The first-order chi connectivity index (χ1) is 12.3. The Labute approximate surface area is 154 Å². The molecule has 0 saturated heterocycles. The third-order valence-electron chi connectivity index (χ3n) is 4.51. The van der Waals surface area contributed by atoms with E-state index in [1.165, 1.54) is 0 Å². The van der Waals surface area contributed by atoms with Gasteiger partial charge >= 0.3 is 0 Å². The Bertz CT molecular complexity index is 802. The van der Waals surface area contributed by atoms with Crippen LogP contribution in [0.3, 0.4) is 0 Å². The average molecular weight is 354 g/mol. The molecule has 0 radical (unpaired) electrons. The number of anilines is 3. The van der Waals surface area contributed by atoms with Crippen LogP contribution in [0.4, 0.5) is 17.1 Å². The van der Waals surface area contributed by atoms with Gasteiger partial charge in [-0.25, -0.2) is 0 Å². The van der Waals surface area contributed by atoms with Gasteiger partial charge in [0.2, 0.25) is 5.91 Å². The van der Waals surface area contributed by atoms with Gasteiger partial charge in [-0.15, -0.1) is 0 Å². The van der Waals surface area contributed by atoms with Crippen molar-refractivity contribution in [2.24, 2.45) is 0 Å². The first-order valence-corrected chi connectivity index (χ1v) is 8.79. The average Bonchev–Trinajstić information content (AvgIpc) is 3.03. The molecule has 1 heterocycles. The van der Waals surface area contributed by atoms with E-state index in [4.69, 9.17) is 0 Å². The molecule has 0 bridgehead atoms. The lowest BCUT2D eigenvalue weighted by atomic mass is 9.84.